The SMILES string of the molecule is O=C(NC1CCC1)C1CCN(Cc2c(F)cccc2Cl)CC1. The highest BCUT2D eigenvalue weighted by atomic mass is 35.5. The minimum atomic E-state index is -0.252. The van der Waals surface area contributed by atoms with Gasteiger partial charge in [0.1, 0.15) is 5.82 Å². The third-order valence-corrected chi connectivity index (χ3v) is 5.21. The summed E-state index contributed by atoms with van der Waals surface area (Å²) in [5.41, 5.74) is 0.557. The first-order valence-electron chi connectivity index (χ1n) is 8.09. The highest BCUT2D eigenvalue weighted by molar-refractivity contribution is 6.31. The summed E-state index contributed by atoms with van der Waals surface area (Å²) in [5, 5.41) is 3.61. The Hall–Kier alpha value is -1.13. The lowest BCUT2D eigenvalue weighted by atomic mass is 9.90. The Bertz CT molecular complexity index is 519. The Morgan fingerprint density at radius 3 is 2.59 bits per heavy atom. The zero-order valence-electron chi connectivity index (χ0n) is 12.7. The van der Waals surface area contributed by atoms with Crippen LogP contribution in [0.1, 0.15) is 37.7 Å². The Balaban J connectivity index is 1.50. The number of carbonyl (C=O) groups is 1. The van der Waals surface area contributed by atoms with Gasteiger partial charge in [-0.2, -0.15) is 0 Å². The molecule has 22 heavy (non-hydrogen) atoms. The quantitative estimate of drug-likeness (QED) is 0.921. The van der Waals surface area contributed by atoms with Crippen LogP contribution in [-0.4, -0.2) is 29.9 Å². The number of hydrogen-bond acceptors (Lipinski definition) is 2. The maximum absolute atomic E-state index is 13.8. The molecule has 1 aliphatic heterocycles. The molecule has 120 valence electrons. The molecule has 1 amide bonds. The number of rotatable bonds is 4. The van der Waals surface area contributed by atoms with Crippen LogP contribution in [-0.2, 0) is 11.3 Å². The van der Waals surface area contributed by atoms with Gasteiger partial charge in [0.05, 0.1) is 0 Å². The van der Waals surface area contributed by atoms with Crippen molar-refractivity contribution >= 4 is 17.5 Å². The molecular formula is C17H22ClFN2O. The Morgan fingerprint density at radius 1 is 1.27 bits per heavy atom. The second-order valence-electron chi connectivity index (χ2n) is 6.39. The minimum Gasteiger partial charge on any atom is -0.353 e. The normalized spacial score (nSPS) is 20.6. The zero-order chi connectivity index (χ0) is 15.5. The molecule has 0 spiro atoms. The van der Waals surface area contributed by atoms with Gasteiger partial charge in [0.15, 0.2) is 0 Å². The van der Waals surface area contributed by atoms with Crippen LogP contribution in [0.3, 0.4) is 0 Å². The van der Waals surface area contributed by atoms with Crippen LogP contribution in [0.5, 0.6) is 0 Å². The molecule has 3 rings (SSSR count). The van der Waals surface area contributed by atoms with E-state index >= 15 is 0 Å². The molecule has 0 aromatic heterocycles. The molecule has 0 radical (unpaired) electrons. The molecule has 1 heterocycles. The van der Waals surface area contributed by atoms with Crippen LogP contribution in [0.15, 0.2) is 18.2 Å². The van der Waals surface area contributed by atoms with Gasteiger partial charge >= 0.3 is 0 Å². The molecule has 2 aliphatic rings. The van der Waals surface area contributed by atoms with Crippen LogP contribution in [0.4, 0.5) is 4.39 Å². The standard InChI is InChI=1S/C17H22ClFN2O/c18-15-5-2-6-16(19)14(15)11-21-9-7-12(8-10-21)17(22)20-13-3-1-4-13/h2,5-6,12-13H,1,3-4,7-11H2,(H,20,22). The maximum atomic E-state index is 13.8. The molecule has 1 aromatic rings. The van der Waals surface area contributed by atoms with E-state index in [0.717, 1.165) is 38.8 Å². The number of likely N-dealkylation sites (tertiary alicyclic amines) is 1. The van der Waals surface area contributed by atoms with Crippen LogP contribution >= 0.6 is 11.6 Å². The number of benzene rings is 1. The van der Waals surface area contributed by atoms with E-state index in [2.05, 4.69) is 10.2 Å². The summed E-state index contributed by atoms with van der Waals surface area (Å²) >= 11 is 6.08. The fraction of sp³-hybridized carbons (Fsp3) is 0.588. The fourth-order valence-electron chi connectivity index (χ4n) is 3.13. The topological polar surface area (TPSA) is 32.3 Å². The molecule has 0 unspecified atom stereocenters. The van der Waals surface area contributed by atoms with Crippen molar-refractivity contribution in [3.63, 3.8) is 0 Å². The first kappa shape index (κ1) is 15.8. The monoisotopic (exact) mass is 324 g/mol. The molecule has 1 saturated carbocycles. The molecule has 0 atom stereocenters. The predicted octanol–water partition coefficient (Wildman–Crippen LogP) is 3.36. The summed E-state index contributed by atoms with van der Waals surface area (Å²) in [6.45, 7) is 2.14. The van der Waals surface area contributed by atoms with E-state index in [9.17, 15) is 9.18 Å². The number of halogens is 2. The number of hydrogen-bond donors (Lipinski definition) is 1. The molecule has 1 aliphatic carbocycles. The van der Waals surface area contributed by atoms with E-state index in [1.807, 2.05) is 0 Å². The largest absolute Gasteiger partial charge is 0.353 e. The second kappa shape index (κ2) is 6.97. The van der Waals surface area contributed by atoms with E-state index in [4.69, 9.17) is 11.6 Å². The molecule has 1 saturated heterocycles. The predicted molar refractivity (Wildman–Crippen MR) is 85.2 cm³/mol. The lowest BCUT2D eigenvalue weighted by Gasteiger charge is -2.34. The summed E-state index contributed by atoms with van der Waals surface area (Å²) < 4.78 is 13.8. The average molecular weight is 325 g/mol. The van der Waals surface area contributed by atoms with Crippen molar-refractivity contribution in [2.75, 3.05) is 13.1 Å². The van der Waals surface area contributed by atoms with Crippen molar-refractivity contribution in [2.24, 2.45) is 5.92 Å². The molecule has 3 nitrogen and oxygen atoms in total. The van der Waals surface area contributed by atoms with E-state index < -0.39 is 0 Å². The van der Waals surface area contributed by atoms with Crippen molar-refractivity contribution in [1.29, 1.82) is 0 Å². The summed E-state index contributed by atoms with van der Waals surface area (Å²) in [4.78, 5) is 14.3. The maximum Gasteiger partial charge on any atom is 0.223 e. The Labute approximate surface area is 135 Å². The van der Waals surface area contributed by atoms with Gasteiger partial charge in [-0.05, 0) is 57.3 Å². The van der Waals surface area contributed by atoms with E-state index in [-0.39, 0.29) is 17.6 Å². The molecule has 2 fully saturated rings. The molecule has 1 N–H and O–H groups in total. The van der Waals surface area contributed by atoms with Gasteiger partial charge in [0.25, 0.3) is 0 Å². The number of piperidine rings is 1. The highest BCUT2D eigenvalue weighted by Gasteiger charge is 2.28. The Morgan fingerprint density at radius 2 is 2.00 bits per heavy atom. The number of carbonyl (C=O) groups excluding carboxylic acids is 1. The summed E-state index contributed by atoms with van der Waals surface area (Å²) in [5.74, 6) is 0.0542. The van der Waals surface area contributed by atoms with Gasteiger partial charge in [0, 0.05) is 29.1 Å². The summed E-state index contributed by atoms with van der Waals surface area (Å²) in [7, 11) is 0. The Kier molecular flexibility index (Phi) is 4.99. The third kappa shape index (κ3) is 3.61. The van der Waals surface area contributed by atoms with Crippen molar-refractivity contribution in [3.8, 4) is 0 Å². The minimum absolute atomic E-state index is 0.105. The first-order chi connectivity index (χ1) is 10.6. The molecular weight excluding hydrogens is 303 g/mol. The number of nitrogens with zero attached hydrogens (tertiary/aromatic N) is 1. The fourth-order valence-corrected chi connectivity index (χ4v) is 3.35. The van der Waals surface area contributed by atoms with Gasteiger partial charge in [-0.3, -0.25) is 9.69 Å². The number of amides is 1. The molecule has 0 bridgehead atoms. The smallest absolute Gasteiger partial charge is 0.223 e. The van der Waals surface area contributed by atoms with Crippen LogP contribution in [0.2, 0.25) is 5.02 Å². The lowest BCUT2D eigenvalue weighted by Crippen LogP contribution is -2.45. The zero-order valence-corrected chi connectivity index (χ0v) is 13.4. The second-order valence-corrected chi connectivity index (χ2v) is 6.79. The van der Waals surface area contributed by atoms with Crippen molar-refractivity contribution in [2.45, 2.75) is 44.7 Å². The summed E-state index contributed by atoms with van der Waals surface area (Å²) in [6, 6.07) is 5.19. The van der Waals surface area contributed by atoms with Crippen LogP contribution < -0.4 is 5.32 Å². The van der Waals surface area contributed by atoms with Crippen LogP contribution in [0, 0.1) is 11.7 Å². The van der Waals surface area contributed by atoms with E-state index in [0.29, 0.717) is 23.2 Å². The third-order valence-electron chi connectivity index (χ3n) is 4.85. The first-order valence-corrected chi connectivity index (χ1v) is 8.47. The van der Waals surface area contributed by atoms with Crippen molar-refractivity contribution in [3.05, 3.63) is 34.6 Å². The summed E-state index contributed by atoms with van der Waals surface area (Å²) in [6.07, 6.45) is 5.15. The average Bonchev–Trinajstić information content (AvgIpc) is 2.47. The van der Waals surface area contributed by atoms with Crippen molar-refractivity contribution in [1.82, 2.24) is 10.2 Å². The van der Waals surface area contributed by atoms with Gasteiger partial charge < -0.3 is 5.32 Å². The highest BCUT2D eigenvalue weighted by Crippen LogP contribution is 2.25. The van der Waals surface area contributed by atoms with E-state index in [1.54, 1.807) is 12.1 Å². The molecule has 5 heteroatoms. The van der Waals surface area contributed by atoms with Gasteiger partial charge in [0.2, 0.25) is 5.91 Å². The van der Waals surface area contributed by atoms with Gasteiger partial charge in [-0.1, -0.05) is 17.7 Å². The van der Waals surface area contributed by atoms with Gasteiger partial charge in [-0.15, -0.1) is 0 Å². The lowest BCUT2D eigenvalue weighted by molar-refractivity contribution is -0.127. The number of nitrogens with one attached hydrogen (secondary N) is 1. The molecule has 1 aromatic carbocycles. The van der Waals surface area contributed by atoms with E-state index in [1.165, 1.54) is 12.5 Å². The van der Waals surface area contributed by atoms with Gasteiger partial charge in [-0.25, -0.2) is 4.39 Å². The van der Waals surface area contributed by atoms with Crippen LogP contribution in [0.25, 0.3) is 0 Å². The van der Waals surface area contributed by atoms with Crippen molar-refractivity contribution < 1.29 is 9.18 Å².